The Morgan fingerprint density at radius 2 is 0.453 bits per heavy atom. The van der Waals surface area contributed by atoms with Crippen molar-refractivity contribution in [3.8, 4) is 34.2 Å². The van der Waals surface area contributed by atoms with Gasteiger partial charge < -0.3 is 37.2 Å². The van der Waals surface area contributed by atoms with Crippen molar-refractivity contribution < 1.29 is 18.9 Å². The Bertz CT molecular complexity index is 5150. The minimum absolute atomic E-state index is 0.421. The molecule has 8 heteroatoms. The molecule has 24 rings (SSSR count). The summed E-state index contributed by atoms with van der Waals surface area (Å²) in [7, 11) is 0. The zero-order valence-electron chi connectivity index (χ0n) is 59.5. The summed E-state index contributed by atoms with van der Waals surface area (Å²) in [4.78, 5) is 0. The van der Waals surface area contributed by atoms with E-state index in [1.165, 1.54) is 0 Å². The highest BCUT2D eigenvalue weighted by atomic mass is 16.5. The van der Waals surface area contributed by atoms with E-state index in [0.29, 0.717) is 39.6 Å². The van der Waals surface area contributed by atoms with Gasteiger partial charge in [-0.2, -0.15) is 0 Å². The molecule has 0 aliphatic rings. The van der Waals surface area contributed by atoms with Crippen LogP contribution in [0, 0.1) is 0 Å². The van der Waals surface area contributed by atoms with Crippen molar-refractivity contribution in [3.63, 3.8) is 0 Å². The lowest BCUT2D eigenvalue weighted by Crippen LogP contribution is -2.03. The van der Waals surface area contributed by atoms with Gasteiger partial charge in [-0.1, -0.05) is 219 Å². The molecule has 106 heavy (non-hydrogen) atoms. The van der Waals surface area contributed by atoms with E-state index in [1.54, 1.807) is 0 Å². The van der Waals surface area contributed by atoms with Crippen LogP contribution in [0.3, 0.4) is 0 Å². The maximum absolute atomic E-state index is 6.59. The Labute approximate surface area is 619 Å². The van der Waals surface area contributed by atoms with Gasteiger partial charge in [0, 0.05) is 80.1 Å². The van der Waals surface area contributed by atoms with E-state index in [9.17, 15) is 0 Å². The van der Waals surface area contributed by atoms with Crippen molar-refractivity contribution in [2.24, 2.45) is 0 Å². The molecule has 10 heterocycles. The summed E-state index contributed by atoms with van der Waals surface area (Å²) in [5.41, 5.74) is 16.5. The van der Waals surface area contributed by atoms with Crippen molar-refractivity contribution in [1.29, 1.82) is 0 Å². The van der Waals surface area contributed by atoms with Crippen molar-refractivity contribution in [1.82, 2.24) is 18.3 Å². The molecular weight excluding hydrogens is 1300 g/mol. The Balaban J connectivity index is 0.875. The van der Waals surface area contributed by atoms with E-state index >= 15 is 0 Å². The van der Waals surface area contributed by atoms with Crippen LogP contribution in [-0.4, -0.2) is 44.7 Å². The van der Waals surface area contributed by atoms with Crippen LogP contribution < -0.4 is 9.47 Å². The van der Waals surface area contributed by atoms with Crippen LogP contribution >= 0.6 is 0 Å². The van der Waals surface area contributed by atoms with Gasteiger partial charge in [0.2, 0.25) is 0 Å². The second-order valence-electron chi connectivity index (χ2n) is 26.5. The molecule has 0 aliphatic carbocycles. The van der Waals surface area contributed by atoms with E-state index < -0.39 is 0 Å². The largest absolute Gasteiger partial charge is 0.494 e. The average molecular weight is 1380 g/mol. The standard InChI is InChI=1S/C98H84N4O4/c1-3-73-29-57-97(58-30-73)105-63-19-17-61-103-71-75-65-93-69-94(66-75)100(86-23-11-6-12-24-86)90-51-43-82(44-52-90)78-35-39-80(40-36-78)84-47-55-92(56-48-84)102(88-27-15-8-16-28-88)96-68-76(72-104-62-18-20-64-106-98-59-31-74(4-2)32-60-98)67-95(70-96)101(87-25-13-7-14-26-87)91-53-45-83(46-54-91)79-37-33-77(34-38-79)81-41-49-89(50-42-81)99(93)85-21-9-5-10-22-85/h3-16,21-60,65-70H,1-2,17-20,61-64,71-72H2. The minimum atomic E-state index is 0.421. The second-order valence-corrected chi connectivity index (χ2v) is 26.5. The normalized spacial score (nSPS) is 11.2. The van der Waals surface area contributed by atoms with E-state index in [4.69, 9.17) is 18.9 Å². The van der Waals surface area contributed by atoms with E-state index in [1.807, 2.05) is 60.7 Å². The molecule has 14 aromatic carbocycles. The summed E-state index contributed by atoms with van der Waals surface area (Å²) >= 11 is 0. The van der Waals surface area contributed by atoms with Crippen LogP contribution in [-0.2, 0) is 22.7 Å². The first kappa shape index (κ1) is 69.0. The summed E-state index contributed by atoms with van der Waals surface area (Å²) in [5, 5.41) is 8.99. The van der Waals surface area contributed by atoms with Gasteiger partial charge in [0.15, 0.2) is 0 Å². The Kier molecular flexibility index (Phi) is 21.9. The first-order valence-corrected chi connectivity index (χ1v) is 36.6. The maximum Gasteiger partial charge on any atom is 0.119 e. The Morgan fingerprint density at radius 3 is 0.689 bits per heavy atom. The quantitative estimate of drug-likeness (QED) is 0.0635. The van der Waals surface area contributed by atoms with Crippen molar-refractivity contribution >= 4 is 99.4 Å². The van der Waals surface area contributed by atoms with Crippen LogP contribution in [0.2, 0.25) is 0 Å². The van der Waals surface area contributed by atoms with Crippen LogP contribution in [0.4, 0.5) is 0 Å². The van der Waals surface area contributed by atoms with Gasteiger partial charge in [-0.15, -0.1) is 0 Å². The number of rotatable bonds is 22. The zero-order valence-corrected chi connectivity index (χ0v) is 59.5. The highest BCUT2D eigenvalue weighted by molar-refractivity contribution is 5.92. The molecule has 10 aromatic heterocycles. The number of hydrogen-bond donors (Lipinski definition) is 0. The highest BCUT2D eigenvalue weighted by Crippen LogP contribution is 2.30. The number of hydrogen-bond acceptors (Lipinski definition) is 4. The minimum Gasteiger partial charge on any atom is -0.494 e. The second kappa shape index (κ2) is 33.6. The highest BCUT2D eigenvalue weighted by Gasteiger charge is 2.12. The summed E-state index contributed by atoms with van der Waals surface area (Å²) in [6.07, 6.45) is 7.13. The molecule has 24 aromatic rings. The lowest BCUT2D eigenvalue weighted by molar-refractivity contribution is 0.114. The van der Waals surface area contributed by atoms with Gasteiger partial charge in [-0.3, -0.25) is 0 Å². The average Bonchev–Trinajstić information content (AvgIpc) is 0.782. The van der Waals surface area contributed by atoms with Crippen molar-refractivity contribution in [3.05, 3.63) is 387 Å². The number of benzene rings is 14. The molecule has 0 N–H and O–H groups in total. The number of aromatic nitrogens is 4. The SMILES string of the molecule is C=Cc1ccc(OCCCCOCc2cc3cc(c2)n(-c2ccccc2)c2ccc(cc2)c2ccc(cc2)c2ccc(cc2)n(-c2ccccc2)c2cc(COCCCCOc4ccc(C=C)cc4)cc(c2)n(-c2ccccc2)c2ccc(cc2)c2ccc(cc2)c2ccc(cc2)n3-c2ccccc2)cc1. The third kappa shape index (κ3) is 16.7. The van der Waals surface area contributed by atoms with Crippen LogP contribution in [0.15, 0.2) is 365 Å². The molecule has 0 fully saturated rings. The number of nitrogens with zero attached hydrogens (tertiary/aromatic N) is 4. The molecule has 0 aliphatic heterocycles. The maximum atomic E-state index is 6.59. The lowest BCUT2D eigenvalue weighted by atomic mass is 10.1. The van der Waals surface area contributed by atoms with E-state index in [2.05, 4.69) is 335 Å². The molecule has 520 valence electrons. The van der Waals surface area contributed by atoms with Gasteiger partial charge in [0.05, 0.1) is 26.4 Å². The third-order valence-electron chi connectivity index (χ3n) is 19.3. The number of ether oxygens (including phenoxy) is 4. The van der Waals surface area contributed by atoms with E-state index in [-0.39, 0.29) is 0 Å². The predicted molar refractivity (Wildman–Crippen MR) is 445 cm³/mol. The summed E-state index contributed by atoms with van der Waals surface area (Å²) < 4.78 is 34.8. The van der Waals surface area contributed by atoms with Gasteiger partial charge in [0.1, 0.15) is 11.5 Å². The molecule has 0 unspecified atom stereocenters. The van der Waals surface area contributed by atoms with E-state index in [0.717, 1.165) is 169 Å². The molecule has 0 saturated carbocycles. The Morgan fingerprint density at radius 1 is 0.226 bits per heavy atom. The van der Waals surface area contributed by atoms with Crippen molar-refractivity contribution in [2.45, 2.75) is 38.9 Å². The molecule has 0 amide bonds. The summed E-state index contributed by atoms with van der Waals surface area (Å²) in [5.74, 6) is 1.71. The lowest BCUT2D eigenvalue weighted by Gasteiger charge is -2.16. The zero-order chi connectivity index (χ0) is 71.6. The fourth-order valence-corrected chi connectivity index (χ4v) is 13.8. The van der Waals surface area contributed by atoms with Crippen LogP contribution in [0.1, 0.15) is 47.9 Å². The first-order valence-electron chi connectivity index (χ1n) is 36.6. The molecule has 0 radical (unpaired) electrons. The number of unbranched alkanes of at least 4 members (excludes halogenated alkanes) is 2. The first-order chi connectivity index (χ1) is 52.4. The molecule has 8 nitrogen and oxygen atoms in total. The molecule has 0 saturated heterocycles. The summed E-state index contributed by atoms with van der Waals surface area (Å²) in [6.45, 7) is 11.0. The van der Waals surface area contributed by atoms with Gasteiger partial charge in [-0.05, 0) is 249 Å². The fraction of sp³-hybridized carbons (Fsp3) is 0.102. The van der Waals surface area contributed by atoms with Gasteiger partial charge in [0.25, 0.3) is 0 Å². The topological polar surface area (TPSA) is 56.6 Å². The van der Waals surface area contributed by atoms with Crippen molar-refractivity contribution in [2.75, 3.05) is 26.4 Å². The molecule has 16 bridgehead atoms. The monoisotopic (exact) mass is 1380 g/mol. The summed E-state index contributed by atoms with van der Waals surface area (Å²) in [6, 6.07) is 126. The Hall–Kier alpha value is -12.7. The van der Waals surface area contributed by atoms with Crippen LogP contribution in [0.25, 0.3) is 122 Å². The fourth-order valence-electron chi connectivity index (χ4n) is 13.8. The smallest absolute Gasteiger partial charge is 0.119 e. The predicted octanol–water partition coefficient (Wildman–Crippen LogP) is 25.2. The number of para-hydroxylation sites is 4. The third-order valence-corrected chi connectivity index (χ3v) is 19.3. The molecule has 0 spiro atoms. The molecule has 0 atom stereocenters. The molecular formula is C98H84N4O4. The van der Waals surface area contributed by atoms with Gasteiger partial charge >= 0.3 is 0 Å². The van der Waals surface area contributed by atoms with Gasteiger partial charge in [-0.25, -0.2) is 0 Å². The van der Waals surface area contributed by atoms with Crippen LogP contribution in [0.5, 0.6) is 11.5 Å².